The van der Waals surface area contributed by atoms with E-state index in [-0.39, 0.29) is 30.5 Å². The molecule has 0 aromatic rings. The van der Waals surface area contributed by atoms with E-state index in [1.54, 1.807) is 6.92 Å². The first-order valence-electron chi connectivity index (χ1n) is 3.45. The lowest BCUT2D eigenvalue weighted by molar-refractivity contribution is -0.110. The molecule has 0 saturated heterocycles. The first-order chi connectivity index (χ1) is 4.95. The monoisotopic (exact) mass is 231 g/mol. The summed E-state index contributed by atoms with van der Waals surface area (Å²) in [5.41, 5.74) is 0. The summed E-state index contributed by atoms with van der Waals surface area (Å²) in [6, 6.07) is 0. The van der Waals surface area contributed by atoms with Crippen LogP contribution in [0.15, 0.2) is 0 Å². The molecule has 14 heavy (non-hydrogen) atoms. The lowest BCUT2D eigenvalue weighted by Crippen LogP contribution is -1.97. The predicted molar refractivity (Wildman–Crippen MR) is 56.4 cm³/mol. The summed E-state index contributed by atoms with van der Waals surface area (Å²) < 4.78 is 10.3. The number of carbonyl (C=O) groups is 1. The molecule has 0 aliphatic carbocycles. The Bertz CT molecular complexity index is 172. The summed E-state index contributed by atoms with van der Waals surface area (Å²) in [6.45, 7) is 1.73. The van der Waals surface area contributed by atoms with E-state index in [4.69, 9.17) is 9.79 Å². The Balaban J connectivity index is -0.000000167. The predicted octanol–water partition coefficient (Wildman–Crippen LogP) is 1.27. The zero-order chi connectivity index (χ0) is 8.91. The minimum absolute atomic E-state index is 0. The molecular formula is C6H22N3O4P. The van der Waals surface area contributed by atoms with Crippen LogP contribution in [0.3, 0.4) is 0 Å². The van der Waals surface area contributed by atoms with Crippen molar-refractivity contribution >= 4 is 13.9 Å². The van der Waals surface area contributed by atoms with E-state index in [1.165, 1.54) is 0 Å². The third-order valence-corrected chi connectivity index (χ3v) is 2.24. The molecule has 0 heterocycles. The van der Waals surface area contributed by atoms with E-state index in [0.717, 1.165) is 6.29 Å². The van der Waals surface area contributed by atoms with E-state index in [2.05, 4.69) is 0 Å². The Labute approximate surface area is 84.2 Å². The van der Waals surface area contributed by atoms with Gasteiger partial charge in [0.25, 0.3) is 0 Å². The van der Waals surface area contributed by atoms with Crippen LogP contribution in [0.5, 0.6) is 0 Å². The van der Waals surface area contributed by atoms with E-state index in [9.17, 15) is 9.36 Å². The maximum atomic E-state index is 10.3. The van der Waals surface area contributed by atoms with Gasteiger partial charge in [0.15, 0.2) is 0 Å². The van der Waals surface area contributed by atoms with Crippen LogP contribution in [0.1, 0.15) is 19.8 Å². The summed E-state index contributed by atoms with van der Waals surface area (Å²) in [6.07, 6.45) is 1.63. The number of hydrogen-bond acceptors (Lipinski definition) is 5. The third kappa shape index (κ3) is 17.7. The van der Waals surface area contributed by atoms with Crippen LogP contribution in [-0.2, 0) is 9.36 Å². The average Bonchev–Trinajstić information content (AvgIpc) is 1.85. The fourth-order valence-corrected chi connectivity index (χ4v) is 1.28. The average molecular weight is 231 g/mol. The highest BCUT2D eigenvalue weighted by molar-refractivity contribution is 7.51. The van der Waals surface area contributed by atoms with Gasteiger partial charge in [0.1, 0.15) is 6.29 Å². The van der Waals surface area contributed by atoms with E-state index in [1.807, 2.05) is 0 Å². The second-order valence-corrected chi connectivity index (χ2v) is 4.42. The van der Waals surface area contributed by atoms with Gasteiger partial charge in [-0.05, 0) is 12.8 Å². The summed E-state index contributed by atoms with van der Waals surface area (Å²) in [5.74, 6) is -0.0958. The summed E-state index contributed by atoms with van der Waals surface area (Å²) >= 11 is 0. The highest BCUT2D eigenvalue weighted by Gasteiger charge is 2.12. The fourth-order valence-electron chi connectivity index (χ4n) is 0.687. The Morgan fingerprint density at radius 1 is 1.29 bits per heavy atom. The Kier molecular flexibility index (Phi) is 18.1. The first kappa shape index (κ1) is 23.5. The number of carbonyl (C=O) groups excluding carboxylic acids is 1. The molecule has 0 aromatic heterocycles. The lowest BCUT2D eigenvalue weighted by atomic mass is 10.1. The second-order valence-electron chi connectivity index (χ2n) is 2.64. The van der Waals surface area contributed by atoms with Crippen molar-refractivity contribution in [3.8, 4) is 0 Å². The largest absolute Gasteiger partial charge is 0.344 e. The molecule has 1 atom stereocenters. The molecule has 0 bridgehead atoms. The minimum Gasteiger partial charge on any atom is -0.344 e. The second kappa shape index (κ2) is 10.8. The highest BCUT2D eigenvalue weighted by Crippen LogP contribution is 2.35. The molecule has 0 fully saturated rings. The van der Waals surface area contributed by atoms with Crippen molar-refractivity contribution in [2.45, 2.75) is 19.8 Å². The van der Waals surface area contributed by atoms with Crippen LogP contribution >= 0.6 is 7.60 Å². The van der Waals surface area contributed by atoms with Gasteiger partial charge in [0.2, 0.25) is 0 Å². The molecule has 0 rings (SSSR count). The number of aldehydes is 1. The molecular weight excluding hydrogens is 209 g/mol. The van der Waals surface area contributed by atoms with Crippen LogP contribution in [-0.4, -0.2) is 22.2 Å². The van der Waals surface area contributed by atoms with Crippen LogP contribution in [0.25, 0.3) is 0 Å². The van der Waals surface area contributed by atoms with Crippen LogP contribution in [0.4, 0.5) is 0 Å². The molecule has 7 nitrogen and oxygen atoms in total. The highest BCUT2D eigenvalue weighted by atomic mass is 31.2. The topological polar surface area (TPSA) is 180 Å². The maximum absolute atomic E-state index is 10.3. The molecule has 0 aromatic carbocycles. The fraction of sp³-hybridized carbons (Fsp3) is 0.833. The number of rotatable bonds is 5. The smallest absolute Gasteiger partial charge is 0.325 e. The van der Waals surface area contributed by atoms with E-state index in [0.29, 0.717) is 12.8 Å². The van der Waals surface area contributed by atoms with Gasteiger partial charge in [-0.1, -0.05) is 6.92 Å². The minimum atomic E-state index is -3.85. The molecule has 0 radical (unpaired) electrons. The molecule has 0 spiro atoms. The van der Waals surface area contributed by atoms with Crippen LogP contribution < -0.4 is 18.5 Å². The van der Waals surface area contributed by atoms with Gasteiger partial charge in [0, 0.05) is 12.1 Å². The van der Waals surface area contributed by atoms with Crippen LogP contribution in [0, 0.1) is 5.92 Å². The molecule has 1 unspecified atom stereocenters. The zero-order valence-electron chi connectivity index (χ0n) is 8.56. The summed E-state index contributed by atoms with van der Waals surface area (Å²) in [7, 11) is -3.85. The molecule has 0 aliphatic rings. The van der Waals surface area contributed by atoms with Gasteiger partial charge in [0.05, 0.1) is 0 Å². The van der Waals surface area contributed by atoms with Crippen LogP contribution in [0.2, 0.25) is 0 Å². The van der Waals surface area contributed by atoms with Crippen molar-refractivity contribution < 1.29 is 19.1 Å². The Hall–Kier alpha value is -0.300. The zero-order valence-corrected chi connectivity index (χ0v) is 9.45. The van der Waals surface area contributed by atoms with Crippen molar-refractivity contribution in [1.29, 1.82) is 0 Å². The van der Waals surface area contributed by atoms with E-state index >= 15 is 0 Å². The Morgan fingerprint density at radius 2 is 1.71 bits per heavy atom. The molecule has 8 heteroatoms. The molecule has 11 N–H and O–H groups in total. The molecule has 0 amide bonds. The Morgan fingerprint density at radius 3 is 2.00 bits per heavy atom. The van der Waals surface area contributed by atoms with Crippen molar-refractivity contribution in [2.75, 3.05) is 6.16 Å². The van der Waals surface area contributed by atoms with Crippen molar-refractivity contribution in [1.82, 2.24) is 18.5 Å². The normalized spacial score (nSPS) is 11.4. The van der Waals surface area contributed by atoms with Gasteiger partial charge in [-0.15, -0.1) is 0 Å². The SMILES string of the molecule is CC(C=O)CCCP(=O)(O)O.N.N.N. The van der Waals surface area contributed by atoms with Crippen molar-refractivity contribution in [3.05, 3.63) is 0 Å². The third-order valence-electron chi connectivity index (χ3n) is 1.34. The van der Waals surface area contributed by atoms with Gasteiger partial charge < -0.3 is 33.0 Å². The lowest BCUT2D eigenvalue weighted by Gasteiger charge is -2.04. The van der Waals surface area contributed by atoms with Gasteiger partial charge in [-0.3, -0.25) is 4.57 Å². The molecule has 90 valence electrons. The molecule has 0 saturated carbocycles. The summed E-state index contributed by atoms with van der Waals surface area (Å²) in [4.78, 5) is 26.9. The van der Waals surface area contributed by atoms with E-state index < -0.39 is 7.60 Å². The maximum Gasteiger partial charge on any atom is 0.325 e. The summed E-state index contributed by atoms with van der Waals surface area (Å²) in [5, 5.41) is 0. The number of hydrogen-bond donors (Lipinski definition) is 5. The standard InChI is InChI=1S/C6H13O4P.3H3N/c1-6(5-7)3-2-4-11(8,9)10;;;/h5-6H,2-4H2,1H3,(H2,8,9,10);3*1H3. The van der Waals surface area contributed by atoms with Gasteiger partial charge >= 0.3 is 7.60 Å². The van der Waals surface area contributed by atoms with Crippen molar-refractivity contribution in [2.24, 2.45) is 5.92 Å². The first-order valence-corrected chi connectivity index (χ1v) is 5.25. The van der Waals surface area contributed by atoms with Gasteiger partial charge in [-0.2, -0.15) is 0 Å². The van der Waals surface area contributed by atoms with Gasteiger partial charge in [-0.25, -0.2) is 0 Å². The van der Waals surface area contributed by atoms with Crippen molar-refractivity contribution in [3.63, 3.8) is 0 Å². The quantitative estimate of drug-likeness (QED) is 0.348. The molecule has 0 aliphatic heterocycles.